The van der Waals surface area contributed by atoms with Crippen LogP contribution in [0.5, 0.6) is 0 Å². The average Bonchev–Trinajstić information content (AvgIpc) is 2.46. The van der Waals surface area contributed by atoms with E-state index in [0.717, 1.165) is 25.7 Å². The molecular formula is C14H30CoO6P2+2. The van der Waals surface area contributed by atoms with Gasteiger partial charge in [-0.25, -0.2) is 0 Å². The van der Waals surface area contributed by atoms with Crippen LogP contribution in [0.4, 0.5) is 0 Å². The molecule has 0 amide bonds. The zero-order chi connectivity index (χ0) is 17.1. The third kappa shape index (κ3) is 34.8. The maximum Gasteiger partial charge on any atom is 2.00 e. The molecule has 0 aliphatic rings. The van der Waals surface area contributed by atoms with Crippen molar-refractivity contribution in [3.05, 3.63) is 0 Å². The molecule has 0 rings (SSSR count). The Morgan fingerprint density at radius 3 is 1.22 bits per heavy atom. The normalized spacial score (nSPS) is 11.1. The third-order valence-corrected chi connectivity index (χ3v) is 3.68. The van der Waals surface area contributed by atoms with Gasteiger partial charge in [0, 0.05) is 0 Å². The maximum atomic E-state index is 9.90. The molecular weight excluding hydrogens is 385 g/mol. The zero-order valence-corrected chi connectivity index (χ0v) is 17.0. The van der Waals surface area contributed by atoms with Gasteiger partial charge in [-0.1, -0.05) is 65.2 Å². The van der Waals surface area contributed by atoms with Gasteiger partial charge in [0.15, 0.2) is 0 Å². The Kier molecular flexibility index (Phi) is 30.6. The van der Waals surface area contributed by atoms with Crippen LogP contribution in [0.3, 0.4) is 0 Å². The summed E-state index contributed by atoms with van der Waals surface area (Å²) in [6.07, 6.45) is 11.0. The second kappa shape index (κ2) is 24.8. The Balaban J connectivity index is -0.000000333. The molecule has 139 valence electrons. The van der Waals surface area contributed by atoms with Gasteiger partial charge in [0.25, 0.3) is 0 Å². The molecule has 0 heterocycles. The molecule has 0 aromatic rings. The van der Waals surface area contributed by atoms with E-state index in [4.69, 9.17) is 0 Å². The topological polar surface area (TPSA) is 98.7 Å². The molecule has 2 atom stereocenters. The molecule has 2 unspecified atom stereocenters. The molecule has 0 aliphatic heterocycles. The predicted octanol–water partition coefficient (Wildman–Crippen LogP) is 3.98. The SMILES string of the molecule is CCCCCCCO[P+](=O)[O-].CCCCCCCO[P+](=O)[O-].[Co+2]. The molecule has 23 heavy (non-hydrogen) atoms. The van der Waals surface area contributed by atoms with Gasteiger partial charge in [-0.15, -0.1) is 9.05 Å². The fourth-order valence-corrected chi connectivity index (χ4v) is 2.25. The molecule has 0 aromatic heterocycles. The molecule has 0 N–H and O–H groups in total. The van der Waals surface area contributed by atoms with Crippen molar-refractivity contribution in [1.29, 1.82) is 0 Å². The molecule has 0 saturated carbocycles. The van der Waals surface area contributed by atoms with Crippen LogP contribution in [-0.4, -0.2) is 13.2 Å². The zero-order valence-electron chi connectivity index (χ0n) is 14.2. The van der Waals surface area contributed by atoms with Gasteiger partial charge in [0.05, 0.1) is 0 Å². The van der Waals surface area contributed by atoms with Crippen molar-refractivity contribution < 1.29 is 44.7 Å². The van der Waals surface area contributed by atoms with Crippen LogP contribution in [0.2, 0.25) is 0 Å². The van der Waals surface area contributed by atoms with Crippen molar-refractivity contribution in [2.75, 3.05) is 13.2 Å². The van der Waals surface area contributed by atoms with Gasteiger partial charge < -0.3 is 9.79 Å². The first kappa shape index (κ1) is 28.4. The largest absolute Gasteiger partial charge is 2.00 e. The summed E-state index contributed by atoms with van der Waals surface area (Å²) < 4.78 is 28.6. The van der Waals surface area contributed by atoms with Crippen LogP contribution in [0.1, 0.15) is 78.1 Å². The summed E-state index contributed by atoms with van der Waals surface area (Å²) in [5, 5.41) is 0. The minimum absolute atomic E-state index is 0. The summed E-state index contributed by atoms with van der Waals surface area (Å²) in [7, 11) is -5.25. The van der Waals surface area contributed by atoms with Crippen molar-refractivity contribution in [2.24, 2.45) is 0 Å². The molecule has 1 radical (unpaired) electrons. The fourth-order valence-electron chi connectivity index (χ4n) is 1.69. The summed E-state index contributed by atoms with van der Waals surface area (Å²) in [5.41, 5.74) is 0. The Hall–Kier alpha value is 0.546. The number of rotatable bonds is 14. The first-order chi connectivity index (χ1) is 10.5. The molecule has 6 nitrogen and oxygen atoms in total. The van der Waals surface area contributed by atoms with Gasteiger partial charge in [0.1, 0.15) is 13.2 Å². The molecule has 0 aliphatic carbocycles. The molecule has 0 fully saturated rings. The minimum Gasteiger partial charge on any atom is -0.566 e. The second-order valence-corrected chi connectivity index (χ2v) is 6.35. The molecule has 0 saturated heterocycles. The fraction of sp³-hybridized carbons (Fsp3) is 1.00. The van der Waals surface area contributed by atoms with Crippen LogP contribution >= 0.6 is 16.5 Å². The standard InChI is InChI=1S/2C7H15O3P.Co/c2*1-2-3-4-5-6-7-10-11(8)9;/h2*2-7H2,1H3;/q;;+2. The van der Waals surface area contributed by atoms with Gasteiger partial charge in [-0.2, -0.15) is 0 Å². The van der Waals surface area contributed by atoms with E-state index in [-0.39, 0.29) is 16.8 Å². The molecule has 0 aromatic carbocycles. The summed E-state index contributed by atoms with van der Waals surface area (Å²) in [6, 6.07) is 0. The Bertz CT molecular complexity index is 244. The van der Waals surface area contributed by atoms with E-state index >= 15 is 0 Å². The first-order valence-corrected chi connectivity index (χ1v) is 10.3. The average molecular weight is 415 g/mol. The number of hydrogen-bond donors (Lipinski definition) is 0. The van der Waals surface area contributed by atoms with Gasteiger partial charge >= 0.3 is 33.3 Å². The summed E-state index contributed by atoms with van der Waals surface area (Å²) in [4.78, 5) is 19.8. The second-order valence-electron chi connectivity index (χ2n) is 4.94. The third-order valence-electron chi connectivity index (χ3n) is 2.89. The van der Waals surface area contributed by atoms with Crippen molar-refractivity contribution in [3.8, 4) is 0 Å². The predicted molar refractivity (Wildman–Crippen MR) is 84.6 cm³/mol. The summed E-state index contributed by atoms with van der Waals surface area (Å²) in [6.45, 7) is 4.99. The van der Waals surface area contributed by atoms with Crippen LogP contribution in [0, 0.1) is 0 Å². The van der Waals surface area contributed by atoms with Crippen molar-refractivity contribution in [3.63, 3.8) is 0 Å². The monoisotopic (exact) mass is 415 g/mol. The van der Waals surface area contributed by atoms with Crippen molar-refractivity contribution >= 4 is 16.5 Å². The quantitative estimate of drug-likeness (QED) is 0.314. The van der Waals surface area contributed by atoms with Gasteiger partial charge in [-0.05, 0) is 22.0 Å². The minimum atomic E-state index is -2.62. The van der Waals surface area contributed by atoms with Gasteiger partial charge in [0.2, 0.25) is 0 Å². The smallest absolute Gasteiger partial charge is 0.566 e. The van der Waals surface area contributed by atoms with Crippen molar-refractivity contribution in [1.82, 2.24) is 0 Å². The van der Waals surface area contributed by atoms with E-state index < -0.39 is 16.5 Å². The van der Waals surface area contributed by atoms with Crippen LogP contribution in [-0.2, 0) is 35.0 Å². The van der Waals surface area contributed by atoms with Gasteiger partial charge in [-0.3, -0.25) is 0 Å². The molecule has 0 spiro atoms. The van der Waals surface area contributed by atoms with E-state index in [1.54, 1.807) is 0 Å². The van der Waals surface area contributed by atoms with Crippen molar-refractivity contribution in [2.45, 2.75) is 78.1 Å². The van der Waals surface area contributed by atoms with E-state index in [9.17, 15) is 18.9 Å². The van der Waals surface area contributed by atoms with Crippen LogP contribution in [0.15, 0.2) is 0 Å². The molecule has 0 bridgehead atoms. The Morgan fingerprint density at radius 1 is 0.652 bits per heavy atom. The molecule has 9 heteroatoms. The number of unbranched alkanes of at least 4 members (excludes halogenated alkanes) is 8. The first-order valence-electron chi connectivity index (χ1n) is 8.09. The van der Waals surface area contributed by atoms with Crippen LogP contribution < -0.4 is 9.79 Å². The van der Waals surface area contributed by atoms with E-state index in [0.29, 0.717) is 13.2 Å². The number of hydrogen-bond acceptors (Lipinski definition) is 6. The van der Waals surface area contributed by atoms with E-state index in [1.807, 2.05) is 0 Å². The maximum absolute atomic E-state index is 9.90. The van der Waals surface area contributed by atoms with E-state index in [1.165, 1.54) is 38.5 Å². The van der Waals surface area contributed by atoms with E-state index in [2.05, 4.69) is 22.9 Å². The van der Waals surface area contributed by atoms with Crippen LogP contribution in [0.25, 0.3) is 0 Å². The summed E-state index contributed by atoms with van der Waals surface area (Å²) in [5.74, 6) is 0. The summed E-state index contributed by atoms with van der Waals surface area (Å²) >= 11 is 0. The Morgan fingerprint density at radius 2 is 0.957 bits per heavy atom. The Labute approximate surface area is 152 Å².